The molecule has 0 bridgehead atoms. The van der Waals surface area contributed by atoms with Crippen LogP contribution in [0.3, 0.4) is 0 Å². The number of hydrogen-bond acceptors (Lipinski definition) is 6. The van der Waals surface area contributed by atoms with Crippen LogP contribution in [0.15, 0.2) is 30.3 Å². The third-order valence-electron chi connectivity index (χ3n) is 7.33. The molecule has 9 nitrogen and oxygen atoms in total. The molecule has 2 rings (SSSR count). The Morgan fingerprint density at radius 3 is 2.33 bits per heavy atom. The van der Waals surface area contributed by atoms with Crippen LogP contribution in [0.2, 0.25) is 0 Å². The Balaban J connectivity index is 1.80. The number of nitrogens with one attached hydrogen (secondary N) is 2. The molecule has 0 aromatic heterocycles. The topological polar surface area (TPSA) is 131 Å². The number of unbranched alkanes of at least 4 members (excludes halogenated alkanes) is 8. The highest BCUT2D eigenvalue weighted by Gasteiger charge is 2.35. The fraction of sp³-hybridized carbons (Fsp3) is 0.677. The highest BCUT2D eigenvalue weighted by molar-refractivity contribution is 5.92. The molecule has 1 aromatic rings. The minimum atomic E-state index is -0.918. The Morgan fingerprint density at radius 2 is 1.65 bits per heavy atom. The number of nitrogens with two attached hydrogens (primary N) is 1. The molecule has 2 atom stereocenters. The summed E-state index contributed by atoms with van der Waals surface area (Å²) in [6.45, 7) is 3.43. The molecule has 9 heteroatoms. The van der Waals surface area contributed by atoms with Gasteiger partial charge < -0.3 is 26.0 Å². The van der Waals surface area contributed by atoms with Crippen LogP contribution in [0.25, 0.3) is 0 Å². The van der Waals surface area contributed by atoms with E-state index < -0.39 is 24.0 Å². The summed E-state index contributed by atoms with van der Waals surface area (Å²) in [4.78, 5) is 52.9. The van der Waals surface area contributed by atoms with Crippen LogP contribution in [-0.4, -0.2) is 60.3 Å². The van der Waals surface area contributed by atoms with E-state index in [4.69, 9.17) is 10.5 Å². The summed E-state index contributed by atoms with van der Waals surface area (Å²) in [5.41, 5.74) is 6.39. The monoisotopic (exact) mass is 558 g/mol. The van der Waals surface area contributed by atoms with E-state index in [-0.39, 0.29) is 44.4 Å². The summed E-state index contributed by atoms with van der Waals surface area (Å²) in [5.74, 6) is -1.22. The summed E-state index contributed by atoms with van der Waals surface area (Å²) in [5, 5.41) is 5.48. The average molecular weight is 559 g/mol. The number of benzene rings is 1. The lowest BCUT2D eigenvalue weighted by Gasteiger charge is -2.26. The maximum absolute atomic E-state index is 13.2. The molecule has 0 radical (unpaired) electrons. The standard InChI is InChI=1S/C31H50N4O5/c1-2-3-4-5-6-7-8-9-13-18-28(36)35-23-14-17-27(35)31(39)34-26(30(38)33-22-21-32)19-20-29(37)40-24-25-15-11-10-12-16-25/h10-12,15-16,26-27H,2-9,13-14,17-24,32H2,1H3,(H,33,38)(H,34,39). The number of esters is 1. The first-order chi connectivity index (χ1) is 19.5. The Hall–Kier alpha value is -2.94. The quantitative estimate of drug-likeness (QED) is 0.164. The van der Waals surface area contributed by atoms with Crippen LogP contribution in [0.5, 0.6) is 0 Å². The number of rotatable bonds is 20. The number of carbonyl (C=O) groups excluding carboxylic acids is 4. The van der Waals surface area contributed by atoms with Gasteiger partial charge in [0.25, 0.3) is 0 Å². The molecule has 1 aliphatic rings. The molecule has 224 valence electrons. The number of carbonyl (C=O) groups is 4. The van der Waals surface area contributed by atoms with Gasteiger partial charge in [-0.1, -0.05) is 88.6 Å². The van der Waals surface area contributed by atoms with Crippen LogP contribution < -0.4 is 16.4 Å². The molecule has 40 heavy (non-hydrogen) atoms. The van der Waals surface area contributed by atoms with Gasteiger partial charge >= 0.3 is 5.97 Å². The van der Waals surface area contributed by atoms with Crippen LogP contribution in [0.1, 0.15) is 102 Å². The molecule has 3 amide bonds. The van der Waals surface area contributed by atoms with Crippen molar-refractivity contribution in [3.63, 3.8) is 0 Å². The third-order valence-corrected chi connectivity index (χ3v) is 7.33. The van der Waals surface area contributed by atoms with E-state index in [0.29, 0.717) is 19.4 Å². The number of hydrogen-bond donors (Lipinski definition) is 3. The second-order valence-electron chi connectivity index (χ2n) is 10.6. The number of ether oxygens (including phenoxy) is 1. The zero-order valence-corrected chi connectivity index (χ0v) is 24.3. The van der Waals surface area contributed by atoms with Gasteiger partial charge in [0.15, 0.2) is 0 Å². The van der Waals surface area contributed by atoms with Gasteiger partial charge in [-0.15, -0.1) is 0 Å². The van der Waals surface area contributed by atoms with Crippen molar-refractivity contribution in [2.75, 3.05) is 19.6 Å². The van der Waals surface area contributed by atoms with Gasteiger partial charge in [-0.3, -0.25) is 19.2 Å². The van der Waals surface area contributed by atoms with Crippen LogP contribution in [-0.2, 0) is 30.5 Å². The van der Waals surface area contributed by atoms with Gasteiger partial charge in [-0.25, -0.2) is 0 Å². The zero-order valence-electron chi connectivity index (χ0n) is 24.3. The van der Waals surface area contributed by atoms with E-state index >= 15 is 0 Å². The summed E-state index contributed by atoms with van der Waals surface area (Å²) < 4.78 is 5.32. The first-order valence-corrected chi connectivity index (χ1v) is 15.2. The van der Waals surface area contributed by atoms with Crippen molar-refractivity contribution in [2.45, 2.75) is 116 Å². The van der Waals surface area contributed by atoms with Crippen molar-refractivity contribution in [1.82, 2.24) is 15.5 Å². The van der Waals surface area contributed by atoms with Crippen LogP contribution >= 0.6 is 0 Å². The van der Waals surface area contributed by atoms with Gasteiger partial charge in [-0.05, 0) is 31.2 Å². The smallest absolute Gasteiger partial charge is 0.306 e. The summed E-state index contributed by atoms with van der Waals surface area (Å²) in [7, 11) is 0. The second kappa shape index (κ2) is 20.0. The van der Waals surface area contributed by atoms with Crippen molar-refractivity contribution < 1.29 is 23.9 Å². The van der Waals surface area contributed by atoms with E-state index in [1.165, 1.54) is 38.5 Å². The second-order valence-corrected chi connectivity index (χ2v) is 10.6. The molecular formula is C31H50N4O5. The Kier molecular flexibility index (Phi) is 16.6. The maximum atomic E-state index is 13.2. The van der Waals surface area contributed by atoms with Crippen molar-refractivity contribution in [2.24, 2.45) is 5.73 Å². The number of likely N-dealkylation sites (tertiary alicyclic amines) is 1. The van der Waals surface area contributed by atoms with Gasteiger partial charge in [0.2, 0.25) is 17.7 Å². The molecule has 1 aliphatic heterocycles. The predicted molar refractivity (Wildman–Crippen MR) is 156 cm³/mol. The Morgan fingerprint density at radius 1 is 0.975 bits per heavy atom. The van der Waals surface area contributed by atoms with Gasteiger partial charge in [0, 0.05) is 32.5 Å². The third kappa shape index (κ3) is 12.9. The minimum Gasteiger partial charge on any atom is -0.461 e. The molecule has 0 saturated carbocycles. The largest absolute Gasteiger partial charge is 0.461 e. The highest BCUT2D eigenvalue weighted by atomic mass is 16.5. The SMILES string of the molecule is CCCCCCCCCCCC(=O)N1CCCC1C(=O)NC(CCC(=O)OCc1ccccc1)C(=O)NCCN. The van der Waals surface area contributed by atoms with Crippen molar-refractivity contribution >= 4 is 23.7 Å². The Bertz CT molecular complexity index is 895. The molecule has 4 N–H and O–H groups in total. The lowest BCUT2D eigenvalue weighted by atomic mass is 10.1. The van der Waals surface area contributed by atoms with Crippen molar-refractivity contribution in [3.05, 3.63) is 35.9 Å². The molecule has 1 heterocycles. The summed E-state index contributed by atoms with van der Waals surface area (Å²) in [6.07, 6.45) is 12.4. The summed E-state index contributed by atoms with van der Waals surface area (Å²) >= 11 is 0. The zero-order chi connectivity index (χ0) is 29.0. The van der Waals surface area contributed by atoms with E-state index in [1.54, 1.807) is 4.90 Å². The van der Waals surface area contributed by atoms with Gasteiger partial charge in [-0.2, -0.15) is 0 Å². The van der Waals surface area contributed by atoms with Crippen molar-refractivity contribution in [3.8, 4) is 0 Å². The normalized spacial score (nSPS) is 15.4. The fourth-order valence-corrected chi connectivity index (χ4v) is 5.00. The molecule has 1 saturated heterocycles. The molecular weight excluding hydrogens is 508 g/mol. The Labute approximate surface area is 240 Å². The lowest BCUT2D eigenvalue weighted by Crippen LogP contribution is -2.53. The number of amides is 3. The highest BCUT2D eigenvalue weighted by Crippen LogP contribution is 2.20. The average Bonchev–Trinajstić information content (AvgIpc) is 3.47. The van der Waals surface area contributed by atoms with Crippen LogP contribution in [0, 0.1) is 0 Å². The van der Waals surface area contributed by atoms with E-state index in [2.05, 4.69) is 17.6 Å². The minimum absolute atomic E-state index is 0.00535. The van der Waals surface area contributed by atoms with Gasteiger partial charge in [0.05, 0.1) is 0 Å². The van der Waals surface area contributed by atoms with E-state index in [1.807, 2.05) is 30.3 Å². The molecule has 0 spiro atoms. The first kappa shape index (κ1) is 33.3. The predicted octanol–water partition coefficient (Wildman–Crippen LogP) is 3.98. The van der Waals surface area contributed by atoms with E-state index in [0.717, 1.165) is 31.2 Å². The van der Waals surface area contributed by atoms with E-state index in [9.17, 15) is 19.2 Å². The lowest BCUT2D eigenvalue weighted by molar-refractivity contribution is -0.145. The molecule has 1 aromatic carbocycles. The number of nitrogens with zero attached hydrogens (tertiary/aromatic N) is 1. The maximum Gasteiger partial charge on any atom is 0.306 e. The molecule has 0 aliphatic carbocycles. The first-order valence-electron chi connectivity index (χ1n) is 15.2. The van der Waals surface area contributed by atoms with Crippen LogP contribution in [0.4, 0.5) is 0 Å². The molecule has 2 unspecified atom stereocenters. The molecule has 1 fully saturated rings. The van der Waals surface area contributed by atoms with Gasteiger partial charge in [0.1, 0.15) is 18.7 Å². The fourth-order valence-electron chi connectivity index (χ4n) is 5.00. The summed E-state index contributed by atoms with van der Waals surface area (Å²) in [6, 6.07) is 7.82. The van der Waals surface area contributed by atoms with Crippen molar-refractivity contribution in [1.29, 1.82) is 0 Å².